The lowest BCUT2D eigenvalue weighted by molar-refractivity contribution is 0.670. The second-order valence-corrected chi connectivity index (χ2v) is 12.9. The van der Waals surface area contributed by atoms with Crippen LogP contribution in [0.4, 0.5) is 0 Å². The minimum atomic E-state index is 0.918. The van der Waals surface area contributed by atoms with Gasteiger partial charge in [-0.1, -0.05) is 115 Å². The van der Waals surface area contributed by atoms with E-state index in [-0.39, 0.29) is 0 Å². The van der Waals surface area contributed by atoms with E-state index < -0.39 is 0 Å². The summed E-state index contributed by atoms with van der Waals surface area (Å²) >= 11 is 0. The predicted molar refractivity (Wildman–Crippen MR) is 205 cm³/mol. The Labute approximate surface area is 281 Å². The Balaban J connectivity index is 1.15. The highest BCUT2D eigenvalue weighted by Crippen LogP contribution is 2.43. The maximum absolute atomic E-state index is 6.58. The molecular weight excluding hydrogens is 597 g/mol. The first-order chi connectivity index (χ1) is 24.3. The molecule has 3 aromatic heterocycles. The Morgan fingerprint density at radius 2 is 1.04 bits per heavy atom. The van der Waals surface area contributed by atoms with E-state index in [0.29, 0.717) is 0 Å². The number of benzene rings is 8. The molecule has 0 amide bonds. The van der Waals surface area contributed by atoms with Gasteiger partial charge in [0.15, 0.2) is 0 Å². The lowest BCUT2D eigenvalue weighted by Crippen LogP contribution is -1.95. The molecule has 228 valence electrons. The van der Waals surface area contributed by atoms with Crippen molar-refractivity contribution in [3.05, 3.63) is 170 Å². The first-order valence-electron chi connectivity index (χ1n) is 16.8. The number of fused-ring (bicyclic) bond motifs is 11. The Hall–Kier alpha value is -6.58. The Morgan fingerprint density at radius 1 is 0.388 bits per heavy atom. The normalized spacial score (nSPS) is 12.1. The van der Waals surface area contributed by atoms with Crippen molar-refractivity contribution < 1.29 is 4.42 Å². The van der Waals surface area contributed by atoms with E-state index in [2.05, 4.69) is 179 Å². The topological polar surface area (TPSA) is 23.0 Å². The molecule has 8 aromatic carbocycles. The quantitative estimate of drug-likeness (QED) is 0.192. The third-order valence-electron chi connectivity index (χ3n) is 10.3. The summed E-state index contributed by atoms with van der Waals surface area (Å²) in [6.45, 7) is 0. The lowest BCUT2D eigenvalue weighted by atomic mass is 10.0. The molecule has 0 aliphatic rings. The molecule has 0 bridgehead atoms. The highest BCUT2D eigenvalue weighted by molar-refractivity contribution is 6.26. The molecule has 3 heteroatoms. The van der Waals surface area contributed by atoms with Gasteiger partial charge in [0.05, 0.1) is 22.1 Å². The van der Waals surface area contributed by atoms with E-state index in [9.17, 15) is 0 Å². The molecule has 0 unspecified atom stereocenters. The van der Waals surface area contributed by atoms with E-state index in [0.717, 1.165) is 44.4 Å². The highest BCUT2D eigenvalue weighted by Gasteiger charge is 2.21. The fourth-order valence-electron chi connectivity index (χ4n) is 8.13. The van der Waals surface area contributed by atoms with Crippen LogP contribution in [0.25, 0.3) is 98.8 Å². The number of para-hydroxylation sites is 4. The summed E-state index contributed by atoms with van der Waals surface area (Å²) in [5.74, 6) is 0. The van der Waals surface area contributed by atoms with Crippen molar-refractivity contribution in [1.29, 1.82) is 0 Å². The van der Waals surface area contributed by atoms with Crippen molar-refractivity contribution in [3.63, 3.8) is 0 Å². The lowest BCUT2D eigenvalue weighted by Gasteiger charge is -2.11. The third-order valence-corrected chi connectivity index (χ3v) is 10.3. The molecule has 0 aliphatic carbocycles. The molecule has 0 radical (unpaired) electrons. The minimum Gasteiger partial charge on any atom is -0.455 e. The zero-order valence-electron chi connectivity index (χ0n) is 26.5. The average molecular weight is 625 g/mol. The van der Waals surface area contributed by atoms with Gasteiger partial charge in [0.2, 0.25) is 0 Å². The van der Waals surface area contributed by atoms with Crippen molar-refractivity contribution in [1.82, 2.24) is 9.13 Å². The smallest absolute Gasteiger partial charge is 0.143 e. The van der Waals surface area contributed by atoms with E-state index in [4.69, 9.17) is 4.42 Å². The Bertz CT molecular complexity index is 3090. The molecular formula is C46H28N2O. The third kappa shape index (κ3) is 3.73. The van der Waals surface area contributed by atoms with E-state index in [1.54, 1.807) is 0 Å². The molecule has 11 rings (SSSR count). The van der Waals surface area contributed by atoms with Crippen molar-refractivity contribution in [2.45, 2.75) is 0 Å². The van der Waals surface area contributed by atoms with Gasteiger partial charge in [0, 0.05) is 49.3 Å². The number of furan rings is 1. The molecule has 3 nitrogen and oxygen atoms in total. The summed E-state index contributed by atoms with van der Waals surface area (Å²) < 4.78 is 11.4. The fraction of sp³-hybridized carbons (Fsp3) is 0. The first kappa shape index (κ1) is 26.5. The first-order valence-corrected chi connectivity index (χ1v) is 16.8. The molecule has 0 N–H and O–H groups in total. The van der Waals surface area contributed by atoms with E-state index >= 15 is 0 Å². The molecule has 0 saturated heterocycles. The van der Waals surface area contributed by atoms with Gasteiger partial charge in [-0.3, -0.25) is 0 Å². The number of rotatable bonds is 3. The maximum Gasteiger partial charge on any atom is 0.143 e. The molecule has 3 heterocycles. The van der Waals surface area contributed by atoms with Crippen molar-refractivity contribution in [3.8, 4) is 22.5 Å². The zero-order chi connectivity index (χ0) is 32.1. The Kier molecular flexibility index (Phi) is 5.38. The van der Waals surface area contributed by atoms with Crippen LogP contribution in [0.2, 0.25) is 0 Å². The van der Waals surface area contributed by atoms with Crippen LogP contribution < -0.4 is 0 Å². The van der Waals surface area contributed by atoms with Gasteiger partial charge >= 0.3 is 0 Å². The fourth-order valence-corrected chi connectivity index (χ4v) is 8.13. The zero-order valence-corrected chi connectivity index (χ0v) is 26.5. The Morgan fingerprint density at radius 3 is 1.86 bits per heavy atom. The second-order valence-electron chi connectivity index (χ2n) is 12.9. The standard InChI is InChI=1S/C46H28N2O/c1-2-13-32(14-3-1)47-41-20-9-7-16-38(41)44-42(47)26-25-36-35-15-6-8-19-40(35)48(45(36)44)33-23-21-29(22-24-33)34-17-10-18-37-39-27-30-11-4-5-12-31(30)28-43(39)49-46(34)37/h1-28H. The van der Waals surface area contributed by atoms with Crippen LogP contribution in [-0.4, -0.2) is 9.13 Å². The van der Waals surface area contributed by atoms with Crippen LogP contribution in [0.5, 0.6) is 0 Å². The van der Waals surface area contributed by atoms with Gasteiger partial charge in [-0.25, -0.2) is 0 Å². The SMILES string of the molecule is c1ccc(-n2c3ccccc3c3c2ccc2c4ccccc4n(-c4ccc(-c5cccc6c5oc5cc7ccccc7cc56)cc4)c23)cc1. The largest absolute Gasteiger partial charge is 0.455 e. The van der Waals surface area contributed by atoms with Crippen molar-refractivity contribution >= 4 is 76.3 Å². The monoisotopic (exact) mass is 624 g/mol. The highest BCUT2D eigenvalue weighted by atomic mass is 16.3. The number of hydrogen-bond donors (Lipinski definition) is 0. The van der Waals surface area contributed by atoms with Gasteiger partial charge in [0.1, 0.15) is 11.2 Å². The molecule has 49 heavy (non-hydrogen) atoms. The second kappa shape index (κ2) is 9.96. The van der Waals surface area contributed by atoms with Crippen LogP contribution in [-0.2, 0) is 0 Å². The summed E-state index contributed by atoms with van der Waals surface area (Å²) in [6, 6.07) is 61.2. The molecule has 0 atom stereocenters. The van der Waals surface area contributed by atoms with Crippen molar-refractivity contribution in [2.75, 3.05) is 0 Å². The van der Waals surface area contributed by atoms with Crippen LogP contribution in [0.3, 0.4) is 0 Å². The van der Waals surface area contributed by atoms with Gasteiger partial charge in [0.25, 0.3) is 0 Å². The van der Waals surface area contributed by atoms with Crippen molar-refractivity contribution in [2.24, 2.45) is 0 Å². The summed E-state index contributed by atoms with van der Waals surface area (Å²) in [7, 11) is 0. The molecule has 11 aromatic rings. The summed E-state index contributed by atoms with van der Waals surface area (Å²) in [6.07, 6.45) is 0. The maximum atomic E-state index is 6.58. The average Bonchev–Trinajstić information content (AvgIpc) is 3.81. The van der Waals surface area contributed by atoms with Crippen LogP contribution in [0.1, 0.15) is 0 Å². The van der Waals surface area contributed by atoms with Crippen LogP contribution >= 0.6 is 0 Å². The van der Waals surface area contributed by atoms with Gasteiger partial charge in [-0.15, -0.1) is 0 Å². The number of aromatic nitrogens is 2. The van der Waals surface area contributed by atoms with Gasteiger partial charge < -0.3 is 13.6 Å². The summed E-state index contributed by atoms with van der Waals surface area (Å²) in [5.41, 5.74) is 11.2. The molecule has 0 spiro atoms. The number of hydrogen-bond acceptors (Lipinski definition) is 1. The predicted octanol–water partition coefficient (Wildman–Crippen LogP) is 12.6. The van der Waals surface area contributed by atoms with Crippen LogP contribution in [0, 0.1) is 0 Å². The van der Waals surface area contributed by atoms with E-state index in [1.807, 2.05) is 0 Å². The summed E-state index contributed by atoms with van der Waals surface area (Å²) in [5, 5.41) is 9.71. The molecule has 0 aliphatic heterocycles. The number of nitrogens with zero attached hydrogens (tertiary/aromatic N) is 2. The molecule has 0 saturated carbocycles. The minimum absolute atomic E-state index is 0.918. The van der Waals surface area contributed by atoms with Gasteiger partial charge in [-0.2, -0.15) is 0 Å². The summed E-state index contributed by atoms with van der Waals surface area (Å²) in [4.78, 5) is 0. The van der Waals surface area contributed by atoms with Gasteiger partial charge in [-0.05, 0) is 70.9 Å². The molecule has 0 fully saturated rings. The van der Waals surface area contributed by atoms with E-state index in [1.165, 1.54) is 54.4 Å². The van der Waals surface area contributed by atoms with Crippen LogP contribution in [0.15, 0.2) is 174 Å².